The largest absolute Gasteiger partial charge is 0.456 e. The lowest BCUT2D eigenvalue weighted by Gasteiger charge is -2.34. The van der Waals surface area contributed by atoms with Crippen LogP contribution in [0.25, 0.3) is 82.3 Å². The summed E-state index contributed by atoms with van der Waals surface area (Å²) in [5.41, 5.74) is 13.7. The fourth-order valence-electron chi connectivity index (χ4n) is 12.7. The highest BCUT2D eigenvalue weighted by atomic mass is 16.3. The van der Waals surface area contributed by atoms with Gasteiger partial charge in [0, 0.05) is 54.3 Å². The third kappa shape index (κ3) is 4.21. The molecule has 0 N–H and O–H groups in total. The fraction of sp³-hybridized carbons (Fsp3) is 0.296. The molecule has 4 heteroatoms. The van der Waals surface area contributed by atoms with Crippen LogP contribution in [0.1, 0.15) is 122 Å². The Hall–Kier alpha value is -5.74. The zero-order chi connectivity index (χ0) is 38.7. The Morgan fingerprint density at radius 1 is 0.517 bits per heavy atom. The summed E-state index contributed by atoms with van der Waals surface area (Å²) in [4.78, 5) is 29.2. The number of carbonyl (C=O) groups excluding carboxylic acids is 2. The molecule has 0 saturated heterocycles. The van der Waals surface area contributed by atoms with Crippen molar-refractivity contribution in [3.8, 4) is 22.3 Å². The maximum Gasteiger partial charge on any atom is 0.169 e. The van der Waals surface area contributed by atoms with E-state index in [2.05, 4.69) is 109 Å². The topological polar surface area (TPSA) is 51.7 Å². The molecular formula is C54H45NO3. The predicted octanol–water partition coefficient (Wildman–Crippen LogP) is 14.6. The molecule has 284 valence electrons. The highest BCUT2D eigenvalue weighted by Crippen LogP contribution is 2.55. The fourth-order valence-corrected chi connectivity index (χ4v) is 12.7. The number of ketones is 2. The molecule has 0 unspecified atom stereocenters. The van der Waals surface area contributed by atoms with Crippen molar-refractivity contribution in [1.82, 2.24) is 4.40 Å². The summed E-state index contributed by atoms with van der Waals surface area (Å²) in [7, 11) is 0. The molecule has 9 aromatic rings. The maximum absolute atomic E-state index is 14.6. The number of Topliss-reactive ketones (excluding diaryl/α,β-unsaturated/α-hetero) is 2. The average Bonchev–Trinajstić information content (AvgIpc) is 3.83. The van der Waals surface area contributed by atoms with Crippen LogP contribution >= 0.6 is 0 Å². The van der Waals surface area contributed by atoms with E-state index in [1.165, 1.54) is 49.3 Å². The summed E-state index contributed by atoms with van der Waals surface area (Å²) in [6, 6.07) is 37.9. The van der Waals surface area contributed by atoms with E-state index in [1.54, 1.807) is 0 Å². The van der Waals surface area contributed by atoms with Crippen LogP contribution in [0.15, 0.2) is 108 Å². The highest BCUT2D eigenvalue weighted by Gasteiger charge is 2.47. The van der Waals surface area contributed by atoms with Crippen LogP contribution in [-0.4, -0.2) is 16.0 Å². The third-order valence-electron chi connectivity index (χ3n) is 16.2. The van der Waals surface area contributed by atoms with Crippen molar-refractivity contribution in [2.45, 2.75) is 89.9 Å². The molecule has 0 atom stereocenters. The van der Waals surface area contributed by atoms with E-state index in [4.69, 9.17) is 4.42 Å². The van der Waals surface area contributed by atoms with Crippen molar-refractivity contribution < 1.29 is 14.0 Å². The maximum atomic E-state index is 14.6. The molecule has 58 heavy (non-hydrogen) atoms. The standard InChI is InChI=1S/C54H45NO3/c1-3-53-19-15-32(16-20-53)38-26-40-42-23-35(31-11-9-30(10-12-31)34-13-14-37-36-7-5-6-8-48(36)58-49(37)25-34)24-43-41-27-39-33-17-21-54(4-2,22-18-33)52(57)45(39)29-47(41)55(50(42)43)46(40)28-44(38)51(53)56/h5-14,23-29,32-33H,3-4,15-22H2,1-2H3. The number of rotatable bonds is 4. The van der Waals surface area contributed by atoms with Gasteiger partial charge in [0.2, 0.25) is 0 Å². The van der Waals surface area contributed by atoms with Crippen molar-refractivity contribution in [2.24, 2.45) is 10.8 Å². The zero-order valence-electron chi connectivity index (χ0n) is 33.2. The SMILES string of the molecule is CCC12CCC(CC1)c1cc3c4cc(-c5ccc(-c6ccc7c(c6)oc6ccccc67)cc5)cc5c6cc7c(cc6n(c3cc1C2=O)c45)C(=O)C1(CC)CCC7CC1. The Balaban J connectivity index is 1.04. The number of carbonyl (C=O) groups is 2. The number of para-hydroxylation sites is 1. The third-order valence-corrected chi connectivity index (χ3v) is 16.2. The van der Waals surface area contributed by atoms with E-state index in [0.29, 0.717) is 23.4 Å². The quantitative estimate of drug-likeness (QED) is 0.180. The first kappa shape index (κ1) is 33.3. The van der Waals surface area contributed by atoms with Crippen LogP contribution in [0.5, 0.6) is 0 Å². The molecule has 0 aliphatic heterocycles. The van der Waals surface area contributed by atoms with E-state index in [1.807, 2.05) is 12.1 Å². The summed E-state index contributed by atoms with van der Waals surface area (Å²) >= 11 is 0. The van der Waals surface area contributed by atoms with Gasteiger partial charge >= 0.3 is 0 Å². The van der Waals surface area contributed by atoms with Crippen LogP contribution in [-0.2, 0) is 0 Å². The number of hydrogen-bond donors (Lipinski definition) is 0. The van der Waals surface area contributed by atoms with Gasteiger partial charge in [-0.1, -0.05) is 62.4 Å². The molecular weight excluding hydrogens is 711 g/mol. The zero-order valence-corrected chi connectivity index (χ0v) is 33.2. The molecule has 2 fully saturated rings. The minimum atomic E-state index is -0.246. The lowest BCUT2D eigenvalue weighted by atomic mass is 9.68. The smallest absolute Gasteiger partial charge is 0.169 e. The number of furan rings is 1. The molecule has 0 spiro atoms. The Morgan fingerprint density at radius 2 is 1.02 bits per heavy atom. The summed E-state index contributed by atoms with van der Waals surface area (Å²) in [5.74, 6) is 1.54. The van der Waals surface area contributed by atoms with Crippen LogP contribution in [0.3, 0.4) is 0 Å². The molecule has 6 aliphatic rings. The van der Waals surface area contributed by atoms with Gasteiger partial charge in [0.05, 0.1) is 16.6 Å². The summed E-state index contributed by atoms with van der Waals surface area (Å²) < 4.78 is 8.67. The van der Waals surface area contributed by atoms with E-state index >= 15 is 0 Å². The molecule has 4 nitrogen and oxygen atoms in total. The molecule has 0 radical (unpaired) electrons. The Morgan fingerprint density at radius 3 is 1.57 bits per heavy atom. The van der Waals surface area contributed by atoms with Crippen LogP contribution in [0.2, 0.25) is 0 Å². The number of nitrogens with zero attached hydrogens (tertiary/aromatic N) is 1. The van der Waals surface area contributed by atoms with Crippen molar-refractivity contribution in [3.05, 3.63) is 125 Å². The van der Waals surface area contributed by atoms with Gasteiger partial charge in [-0.2, -0.15) is 0 Å². The second kappa shape index (κ2) is 11.5. The average molecular weight is 756 g/mol. The van der Waals surface area contributed by atoms with Gasteiger partial charge in [-0.3, -0.25) is 9.59 Å². The van der Waals surface area contributed by atoms with Gasteiger partial charge in [0.25, 0.3) is 0 Å². The molecule has 0 amide bonds. The van der Waals surface area contributed by atoms with Crippen LogP contribution < -0.4 is 0 Å². The van der Waals surface area contributed by atoms with Crippen molar-refractivity contribution in [3.63, 3.8) is 0 Å². The molecule has 3 heterocycles. The van der Waals surface area contributed by atoms with Crippen LogP contribution in [0.4, 0.5) is 0 Å². The Kier molecular flexibility index (Phi) is 6.58. The van der Waals surface area contributed by atoms with Crippen LogP contribution in [0, 0.1) is 10.8 Å². The van der Waals surface area contributed by atoms with Gasteiger partial charge in [-0.25, -0.2) is 0 Å². The normalized spacial score (nSPS) is 24.2. The number of hydrogen-bond acceptors (Lipinski definition) is 3. The first-order chi connectivity index (χ1) is 28.4. The lowest BCUT2D eigenvalue weighted by Crippen LogP contribution is -2.31. The Labute approximate surface area is 337 Å². The summed E-state index contributed by atoms with van der Waals surface area (Å²) in [6.07, 6.45) is 10.1. The molecule has 4 bridgehead atoms. The minimum absolute atomic E-state index is 0.246. The predicted molar refractivity (Wildman–Crippen MR) is 236 cm³/mol. The second-order valence-corrected chi connectivity index (χ2v) is 18.5. The number of fused-ring (bicyclic) bond motifs is 13. The van der Waals surface area contributed by atoms with E-state index < -0.39 is 0 Å². The molecule has 6 aromatic carbocycles. The van der Waals surface area contributed by atoms with Crippen molar-refractivity contribution in [1.29, 1.82) is 0 Å². The first-order valence-electron chi connectivity index (χ1n) is 21.8. The summed E-state index contributed by atoms with van der Waals surface area (Å²) in [6.45, 7) is 4.42. The van der Waals surface area contributed by atoms with E-state index in [0.717, 1.165) is 119 Å². The molecule has 6 aliphatic carbocycles. The van der Waals surface area contributed by atoms with Gasteiger partial charge in [0.15, 0.2) is 11.6 Å². The molecule has 15 rings (SSSR count). The van der Waals surface area contributed by atoms with E-state index in [-0.39, 0.29) is 10.8 Å². The van der Waals surface area contributed by atoms with Crippen molar-refractivity contribution in [2.75, 3.05) is 0 Å². The van der Waals surface area contributed by atoms with Gasteiger partial charge < -0.3 is 8.82 Å². The van der Waals surface area contributed by atoms with Gasteiger partial charge in [0.1, 0.15) is 11.2 Å². The van der Waals surface area contributed by atoms with E-state index in [9.17, 15) is 9.59 Å². The van der Waals surface area contributed by atoms with Gasteiger partial charge in [-0.15, -0.1) is 0 Å². The number of benzene rings is 6. The van der Waals surface area contributed by atoms with Gasteiger partial charge in [-0.05, 0) is 164 Å². The lowest BCUT2D eigenvalue weighted by molar-refractivity contribution is 0.0707. The second-order valence-electron chi connectivity index (χ2n) is 18.5. The molecule has 2 saturated carbocycles. The molecule has 3 aromatic heterocycles. The summed E-state index contributed by atoms with van der Waals surface area (Å²) in [5, 5.41) is 7.17. The number of aromatic nitrogens is 1. The Bertz CT molecular complexity index is 3110. The monoisotopic (exact) mass is 755 g/mol. The van der Waals surface area contributed by atoms with Crippen molar-refractivity contribution >= 4 is 71.6 Å². The first-order valence-corrected chi connectivity index (χ1v) is 21.8. The minimum Gasteiger partial charge on any atom is -0.456 e. The highest BCUT2D eigenvalue weighted by molar-refractivity contribution is 6.26.